The van der Waals surface area contributed by atoms with Gasteiger partial charge in [0.1, 0.15) is 0 Å². The van der Waals surface area contributed by atoms with Gasteiger partial charge >= 0.3 is 5.97 Å². The fourth-order valence-electron chi connectivity index (χ4n) is 1.64. The van der Waals surface area contributed by atoms with E-state index in [1.807, 2.05) is 48.3 Å². The molecule has 0 aliphatic heterocycles. The topological polar surface area (TPSA) is 55.1 Å². The Morgan fingerprint density at radius 1 is 1.39 bits per heavy atom. The van der Waals surface area contributed by atoms with Gasteiger partial charge in [0.25, 0.3) is 0 Å². The summed E-state index contributed by atoms with van der Waals surface area (Å²) >= 11 is 0. The molecule has 1 aromatic heterocycles. The van der Waals surface area contributed by atoms with Crippen LogP contribution in [-0.2, 0) is 11.3 Å². The van der Waals surface area contributed by atoms with E-state index in [-0.39, 0.29) is 0 Å². The number of benzene rings is 1. The van der Waals surface area contributed by atoms with Gasteiger partial charge < -0.3 is 5.11 Å². The number of hydrogen-bond acceptors (Lipinski definition) is 2. The summed E-state index contributed by atoms with van der Waals surface area (Å²) in [7, 11) is 0. The average molecular weight is 242 g/mol. The van der Waals surface area contributed by atoms with Gasteiger partial charge in [-0.1, -0.05) is 24.3 Å². The second-order valence-electron chi connectivity index (χ2n) is 4.13. The standard InChI is InChI=1S/C14H14N2O2/c1-11-8-15-16(9-11)10-13-4-2-12(3-5-13)6-7-14(17)18/h2-9H,10H2,1H3,(H,17,18). The Morgan fingerprint density at radius 2 is 2.11 bits per heavy atom. The lowest BCUT2D eigenvalue weighted by atomic mass is 10.1. The Hall–Kier alpha value is -2.36. The van der Waals surface area contributed by atoms with Gasteiger partial charge in [0.2, 0.25) is 0 Å². The summed E-state index contributed by atoms with van der Waals surface area (Å²) in [6.07, 6.45) is 6.51. The fourth-order valence-corrected chi connectivity index (χ4v) is 1.64. The van der Waals surface area contributed by atoms with Crippen molar-refractivity contribution in [3.05, 3.63) is 59.4 Å². The molecule has 0 unspecified atom stereocenters. The average Bonchev–Trinajstić information content (AvgIpc) is 2.74. The van der Waals surface area contributed by atoms with Crippen LogP contribution in [-0.4, -0.2) is 20.9 Å². The van der Waals surface area contributed by atoms with E-state index >= 15 is 0 Å². The Balaban J connectivity index is 2.06. The molecule has 0 amide bonds. The summed E-state index contributed by atoms with van der Waals surface area (Å²) in [5.74, 6) is -0.939. The molecule has 1 heterocycles. The molecule has 0 fully saturated rings. The number of carboxylic acids is 1. The molecule has 0 aliphatic carbocycles. The van der Waals surface area contributed by atoms with Crippen LogP contribution >= 0.6 is 0 Å². The molecule has 1 aromatic carbocycles. The van der Waals surface area contributed by atoms with Crippen LogP contribution in [0.2, 0.25) is 0 Å². The van der Waals surface area contributed by atoms with Crippen molar-refractivity contribution in [2.75, 3.05) is 0 Å². The second-order valence-corrected chi connectivity index (χ2v) is 4.13. The predicted molar refractivity (Wildman–Crippen MR) is 69.2 cm³/mol. The largest absolute Gasteiger partial charge is 0.478 e. The first-order valence-corrected chi connectivity index (χ1v) is 5.62. The zero-order chi connectivity index (χ0) is 13.0. The lowest BCUT2D eigenvalue weighted by molar-refractivity contribution is -0.131. The quantitative estimate of drug-likeness (QED) is 0.837. The van der Waals surface area contributed by atoms with E-state index in [1.54, 1.807) is 6.08 Å². The maximum atomic E-state index is 10.4. The molecule has 4 heteroatoms. The van der Waals surface area contributed by atoms with E-state index in [4.69, 9.17) is 5.11 Å². The van der Waals surface area contributed by atoms with E-state index in [0.717, 1.165) is 29.3 Å². The highest BCUT2D eigenvalue weighted by Gasteiger charge is 1.97. The van der Waals surface area contributed by atoms with Gasteiger partial charge in [0.15, 0.2) is 0 Å². The van der Waals surface area contributed by atoms with Crippen LogP contribution in [0.15, 0.2) is 42.7 Å². The minimum Gasteiger partial charge on any atom is -0.478 e. The molecule has 4 nitrogen and oxygen atoms in total. The summed E-state index contributed by atoms with van der Waals surface area (Å²) in [6, 6.07) is 7.73. The molecule has 0 saturated heterocycles. The zero-order valence-corrected chi connectivity index (χ0v) is 10.1. The lowest BCUT2D eigenvalue weighted by Crippen LogP contribution is -1.99. The van der Waals surface area contributed by atoms with Crippen LogP contribution in [0.25, 0.3) is 6.08 Å². The first kappa shape index (κ1) is 12.1. The molecule has 1 N–H and O–H groups in total. The van der Waals surface area contributed by atoms with Crippen molar-refractivity contribution in [2.45, 2.75) is 13.5 Å². The van der Waals surface area contributed by atoms with Crippen molar-refractivity contribution in [1.82, 2.24) is 9.78 Å². The number of aliphatic carboxylic acids is 1. The van der Waals surface area contributed by atoms with Crippen LogP contribution in [0, 0.1) is 6.92 Å². The Labute approximate surface area is 105 Å². The molecule has 18 heavy (non-hydrogen) atoms. The van der Waals surface area contributed by atoms with Gasteiger partial charge in [-0.15, -0.1) is 0 Å². The minimum atomic E-state index is -0.939. The number of aromatic nitrogens is 2. The maximum absolute atomic E-state index is 10.4. The molecule has 0 spiro atoms. The van der Waals surface area contributed by atoms with Crippen LogP contribution < -0.4 is 0 Å². The summed E-state index contributed by atoms with van der Waals surface area (Å²) in [4.78, 5) is 10.4. The van der Waals surface area contributed by atoms with Gasteiger partial charge in [-0.3, -0.25) is 4.68 Å². The molecule has 0 saturated carbocycles. The number of carbonyl (C=O) groups is 1. The van der Waals surface area contributed by atoms with Crippen molar-refractivity contribution < 1.29 is 9.90 Å². The van der Waals surface area contributed by atoms with E-state index in [2.05, 4.69) is 5.10 Å². The van der Waals surface area contributed by atoms with E-state index in [1.165, 1.54) is 0 Å². The molecule has 0 aliphatic rings. The van der Waals surface area contributed by atoms with Crippen LogP contribution in [0.5, 0.6) is 0 Å². The van der Waals surface area contributed by atoms with Crippen molar-refractivity contribution in [2.24, 2.45) is 0 Å². The number of aryl methyl sites for hydroxylation is 1. The second kappa shape index (κ2) is 5.31. The van der Waals surface area contributed by atoms with Crippen molar-refractivity contribution >= 4 is 12.0 Å². The smallest absolute Gasteiger partial charge is 0.328 e. The molecule has 92 valence electrons. The monoisotopic (exact) mass is 242 g/mol. The molecular weight excluding hydrogens is 228 g/mol. The summed E-state index contributed by atoms with van der Waals surface area (Å²) in [5, 5.41) is 12.7. The van der Waals surface area contributed by atoms with E-state index in [0.29, 0.717) is 0 Å². The normalized spacial score (nSPS) is 10.9. The van der Waals surface area contributed by atoms with Crippen LogP contribution in [0.3, 0.4) is 0 Å². The minimum absolute atomic E-state index is 0.719. The first-order chi connectivity index (χ1) is 8.63. The molecular formula is C14H14N2O2. The third kappa shape index (κ3) is 3.31. The summed E-state index contributed by atoms with van der Waals surface area (Å²) in [5.41, 5.74) is 3.14. The first-order valence-electron chi connectivity index (χ1n) is 5.62. The Bertz CT molecular complexity index is 568. The fraction of sp³-hybridized carbons (Fsp3) is 0.143. The van der Waals surface area contributed by atoms with Crippen molar-refractivity contribution in [3.8, 4) is 0 Å². The van der Waals surface area contributed by atoms with Gasteiger partial charge in [-0.05, 0) is 29.7 Å². The highest BCUT2D eigenvalue weighted by atomic mass is 16.4. The number of nitrogens with zero attached hydrogens (tertiary/aromatic N) is 2. The van der Waals surface area contributed by atoms with Gasteiger partial charge in [-0.25, -0.2) is 4.79 Å². The third-order valence-electron chi connectivity index (χ3n) is 2.50. The van der Waals surface area contributed by atoms with Gasteiger partial charge in [0, 0.05) is 12.3 Å². The van der Waals surface area contributed by atoms with E-state index in [9.17, 15) is 4.79 Å². The van der Waals surface area contributed by atoms with Crippen molar-refractivity contribution in [3.63, 3.8) is 0 Å². The highest BCUT2D eigenvalue weighted by Crippen LogP contribution is 2.08. The SMILES string of the molecule is Cc1cnn(Cc2ccc(C=CC(=O)O)cc2)c1. The number of hydrogen-bond donors (Lipinski definition) is 1. The number of rotatable bonds is 4. The van der Waals surface area contributed by atoms with Crippen LogP contribution in [0.1, 0.15) is 16.7 Å². The third-order valence-corrected chi connectivity index (χ3v) is 2.50. The van der Waals surface area contributed by atoms with Crippen LogP contribution in [0.4, 0.5) is 0 Å². The Kier molecular flexibility index (Phi) is 3.57. The lowest BCUT2D eigenvalue weighted by Gasteiger charge is -2.02. The molecule has 2 aromatic rings. The predicted octanol–water partition coefficient (Wildman–Crippen LogP) is 2.34. The number of carboxylic acid groups (broad SMARTS) is 1. The summed E-state index contributed by atoms with van der Waals surface area (Å²) < 4.78 is 1.87. The zero-order valence-electron chi connectivity index (χ0n) is 10.1. The molecule has 0 radical (unpaired) electrons. The molecule has 0 atom stereocenters. The maximum Gasteiger partial charge on any atom is 0.328 e. The molecule has 2 rings (SSSR count). The van der Waals surface area contributed by atoms with Gasteiger partial charge in [-0.2, -0.15) is 5.10 Å². The van der Waals surface area contributed by atoms with Crippen molar-refractivity contribution in [1.29, 1.82) is 0 Å². The van der Waals surface area contributed by atoms with Gasteiger partial charge in [0.05, 0.1) is 12.7 Å². The highest BCUT2D eigenvalue weighted by molar-refractivity contribution is 5.85. The molecule has 0 bridgehead atoms. The van der Waals surface area contributed by atoms with E-state index < -0.39 is 5.97 Å². The Morgan fingerprint density at radius 3 is 2.67 bits per heavy atom. The summed E-state index contributed by atoms with van der Waals surface area (Å²) in [6.45, 7) is 2.72.